The zero-order valence-corrected chi connectivity index (χ0v) is 15.8. The van der Waals surface area contributed by atoms with Crippen molar-refractivity contribution in [2.75, 3.05) is 13.2 Å². The Labute approximate surface area is 155 Å². The third-order valence-electron chi connectivity index (χ3n) is 4.49. The van der Waals surface area contributed by atoms with Gasteiger partial charge in [-0.2, -0.15) is 0 Å². The Morgan fingerprint density at radius 2 is 1.73 bits per heavy atom. The van der Waals surface area contributed by atoms with Gasteiger partial charge < -0.3 is 14.2 Å². The van der Waals surface area contributed by atoms with Crippen molar-refractivity contribution in [3.63, 3.8) is 0 Å². The molecule has 3 rings (SSSR count). The van der Waals surface area contributed by atoms with E-state index >= 15 is 0 Å². The van der Waals surface area contributed by atoms with Gasteiger partial charge in [0, 0.05) is 12.5 Å². The van der Waals surface area contributed by atoms with Gasteiger partial charge >= 0.3 is 0 Å². The van der Waals surface area contributed by atoms with E-state index in [1.165, 1.54) is 16.7 Å². The number of aryl methyl sites for hydroxylation is 2. The monoisotopic (exact) mass is 353 g/mol. The molecule has 4 heteroatoms. The maximum absolute atomic E-state index is 5.97. The van der Waals surface area contributed by atoms with Gasteiger partial charge in [-0.05, 0) is 56.0 Å². The minimum Gasteiger partial charge on any atom is -0.493 e. The van der Waals surface area contributed by atoms with Gasteiger partial charge in [0.25, 0.3) is 0 Å². The van der Waals surface area contributed by atoms with Crippen molar-refractivity contribution in [2.45, 2.75) is 46.3 Å². The number of hydrogen-bond acceptors (Lipinski definition) is 4. The van der Waals surface area contributed by atoms with Gasteiger partial charge in [-0.15, -0.1) is 0 Å². The summed E-state index contributed by atoms with van der Waals surface area (Å²) in [5.74, 6) is 2.50. The summed E-state index contributed by atoms with van der Waals surface area (Å²) in [4.78, 5) is 4.43. The third-order valence-corrected chi connectivity index (χ3v) is 4.49. The highest BCUT2D eigenvalue weighted by atomic mass is 16.5. The predicted octanol–water partition coefficient (Wildman–Crippen LogP) is 4.86. The van der Waals surface area contributed by atoms with Crippen LogP contribution < -0.4 is 9.47 Å². The number of hydrogen-bond donors (Lipinski definition) is 0. The van der Waals surface area contributed by atoms with Crippen molar-refractivity contribution in [1.29, 1.82) is 0 Å². The van der Waals surface area contributed by atoms with Crippen molar-refractivity contribution in [3.8, 4) is 11.5 Å². The first-order valence-electron chi connectivity index (χ1n) is 9.22. The average molecular weight is 353 g/mol. The molecule has 2 aromatic rings. The molecule has 1 heterocycles. The molecule has 138 valence electrons. The number of aliphatic imine (C=N–C) groups is 1. The molecule has 0 saturated heterocycles. The Hall–Kier alpha value is -2.49. The van der Waals surface area contributed by atoms with Crippen LogP contribution in [0.25, 0.3) is 0 Å². The molecule has 0 radical (unpaired) electrons. The fourth-order valence-corrected chi connectivity index (χ4v) is 2.97. The lowest BCUT2D eigenvalue weighted by Gasteiger charge is -2.12. The van der Waals surface area contributed by atoms with E-state index in [2.05, 4.69) is 44.0 Å². The number of rotatable bonds is 8. The highest BCUT2D eigenvalue weighted by Crippen LogP contribution is 2.22. The van der Waals surface area contributed by atoms with Gasteiger partial charge in [0.05, 0.1) is 12.6 Å². The lowest BCUT2D eigenvalue weighted by atomic mass is 10.0. The summed E-state index contributed by atoms with van der Waals surface area (Å²) in [5.41, 5.74) is 3.75. The van der Waals surface area contributed by atoms with Crippen molar-refractivity contribution in [2.24, 2.45) is 4.99 Å². The van der Waals surface area contributed by atoms with E-state index in [1.807, 2.05) is 24.3 Å². The summed E-state index contributed by atoms with van der Waals surface area (Å²) in [6.45, 7) is 8.20. The Morgan fingerprint density at radius 3 is 2.42 bits per heavy atom. The molecule has 1 aliphatic heterocycles. The molecule has 1 aliphatic rings. The number of ether oxygens (including phenoxy) is 3. The predicted molar refractivity (Wildman–Crippen MR) is 104 cm³/mol. The molecule has 0 saturated carbocycles. The van der Waals surface area contributed by atoms with Gasteiger partial charge in [0.15, 0.2) is 5.90 Å². The second kappa shape index (κ2) is 8.75. The average Bonchev–Trinajstić information content (AvgIpc) is 3.04. The molecule has 2 aromatic carbocycles. The summed E-state index contributed by atoms with van der Waals surface area (Å²) < 4.78 is 17.3. The first-order chi connectivity index (χ1) is 12.6. The normalized spacial score (nSPS) is 16.1. The summed E-state index contributed by atoms with van der Waals surface area (Å²) in [5, 5.41) is 0. The minimum absolute atomic E-state index is 0.289. The van der Waals surface area contributed by atoms with Crippen LogP contribution in [0.15, 0.2) is 47.5 Å². The van der Waals surface area contributed by atoms with Crippen LogP contribution in [0.2, 0.25) is 0 Å². The van der Waals surface area contributed by atoms with Crippen LogP contribution in [0.1, 0.15) is 36.5 Å². The third kappa shape index (κ3) is 5.01. The standard InChI is InChI=1S/C22H27NO3/c1-16-7-4-8-17(2)21(16)15-25-20-10-5-9-19(13-20)24-12-6-11-22-23-18(3)14-26-22/h4-5,7-10,13,18H,6,11-12,14-15H2,1-3H3. The fourth-order valence-electron chi connectivity index (χ4n) is 2.97. The Kier molecular flexibility index (Phi) is 6.16. The van der Waals surface area contributed by atoms with Crippen LogP contribution in [-0.4, -0.2) is 25.2 Å². The topological polar surface area (TPSA) is 40.0 Å². The smallest absolute Gasteiger partial charge is 0.183 e. The molecule has 1 unspecified atom stereocenters. The molecule has 0 aliphatic carbocycles. The highest BCUT2D eigenvalue weighted by Gasteiger charge is 2.13. The Balaban J connectivity index is 1.48. The van der Waals surface area contributed by atoms with Crippen molar-refractivity contribution < 1.29 is 14.2 Å². The van der Waals surface area contributed by atoms with Gasteiger partial charge in [-0.1, -0.05) is 24.3 Å². The van der Waals surface area contributed by atoms with Crippen LogP contribution in [-0.2, 0) is 11.3 Å². The molecule has 0 spiro atoms. The Morgan fingerprint density at radius 1 is 1.04 bits per heavy atom. The van der Waals surface area contributed by atoms with E-state index in [4.69, 9.17) is 14.2 Å². The lowest BCUT2D eigenvalue weighted by Crippen LogP contribution is -2.04. The quantitative estimate of drug-likeness (QED) is 0.636. The fraction of sp³-hybridized carbons (Fsp3) is 0.409. The molecule has 1 atom stereocenters. The first kappa shape index (κ1) is 18.3. The lowest BCUT2D eigenvalue weighted by molar-refractivity contribution is 0.286. The minimum atomic E-state index is 0.289. The van der Waals surface area contributed by atoms with Gasteiger partial charge in [-0.25, -0.2) is 4.99 Å². The van der Waals surface area contributed by atoms with Crippen LogP contribution in [0.4, 0.5) is 0 Å². The SMILES string of the molecule is Cc1cccc(C)c1COc1cccc(OCCCC2=NC(C)CO2)c1. The maximum Gasteiger partial charge on any atom is 0.183 e. The van der Waals surface area contributed by atoms with Gasteiger partial charge in [-0.3, -0.25) is 0 Å². The van der Waals surface area contributed by atoms with E-state index in [9.17, 15) is 0 Å². The van der Waals surface area contributed by atoms with Gasteiger partial charge in [0.1, 0.15) is 24.7 Å². The zero-order chi connectivity index (χ0) is 18.4. The van der Waals surface area contributed by atoms with Crippen molar-refractivity contribution >= 4 is 5.90 Å². The zero-order valence-electron chi connectivity index (χ0n) is 15.8. The largest absolute Gasteiger partial charge is 0.493 e. The van der Waals surface area contributed by atoms with E-state index in [-0.39, 0.29) is 6.04 Å². The van der Waals surface area contributed by atoms with Crippen LogP contribution in [0.3, 0.4) is 0 Å². The molecular weight excluding hydrogens is 326 g/mol. The number of benzene rings is 2. The van der Waals surface area contributed by atoms with Crippen LogP contribution >= 0.6 is 0 Å². The number of nitrogens with zero attached hydrogens (tertiary/aromatic N) is 1. The van der Waals surface area contributed by atoms with Crippen LogP contribution in [0, 0.1) is 13.8 Å². The first-order valence-corrected chi connectivity index (χ1v) is 9.22. The summed E-state index contributed by atoms with van der Waals surface area (Å²) in [6.07, 6.45) is 1.71. The van der Waals surface area contributed by atoms with E-state index in [0.717, 1.165) is 30.2 Å². The van der Waals surface area contributed by atoms with E-state index in [1.54, 1.807) is 0 Å². The van der Waals surface area contributed by atoms with Crippen LogP contribution in [0.5, 0.6) is 11.5 Å². The molecule has 0 fully saturated rings. The second-order valence-corrected chi connectivity index (χ2v) is 6.77. The molecule has 0 bridgehead atoms. The Bertz CT molecular complexity index is 749. The molecular formula is C22H27NO3. The van der Waals surface area contributed by atoms with Crippen molar-refractivity contribution in [1.82, 2.24) is 0 Å². The molecule has 26 heavy (non-hydrogen) atoms. The molecule has 0 amide bonds. The molecule has 0 N–H and O–H groups in total. The highest BCUT2D eigenvalue weighted by molar-refractivity contribution is 5.77. The van der Waals surface area contributed by atoms with E-state index < -0.39 is 0 Å². The van der Waals surface area contributed by atoms with E-state index in [0.29, 0.717) is 19.8 Å². The summed E-state index contributed by atoms with van der Waals surface area (Å²) in [6, 6.07) is 14.4. The summed E-state index contributed by atoms with van der Waals surface area (Å²) in [7, 11) is 0. The van der Waals surface area contributed by atoms with Crippen molar-refractivity contribution in [3.05, 3.63) is 59.2 Å². The molecule has 0 aromatic heterocycles. The maximum atomic E-state index is 5.97. The second-order valence-electron chi connectivity index (χ2n) is 6.77. The molecule has 4 nitrogen and oxygen atoms in total. The van der Waals surface area contributed by atoms with Gasteiger partial charge in [0.2, 0.25) is 0 Å². The summed E-state index contributed by atoms with van der Waals surface area (Å²) >= 11 is 0.